The first kappa shape index (κ1) is 15.0. The van der Waals surface area contributed by atoms with Gasteiger partial charge in [-0.25, -0.2) is 0 Å². The van der Waals surface area contributed by atoms with E-state index >= 15 is 0 Å². The Bertz CT molecular complexity index is 366. The average molecular weight is 251 g/mol. The van der Waals surface area contributed by atoms with Crippen LogP contribution < -0.4 is 10.5 Å². The van der Waals surface area contributed by atoms with Crippen molar-refractivity contribution in [3.8, 4) is 5.75 Å². The van der Waals surface area contributed by atoms with Crippen molar-refractivity contribution in [2.75, 3.05) is 13.2 Å². The van der Waals surface area contributed by atoms with Crippen LogP contribution in [0.25, 0.3) is 0 Å². The molecule has 2 atom stereocenters. The molecule has 1 aromatic rings. The number of benzene rings is 1. The van der Waals surface area contributed by atoms with Crippen LogP contribution in [0.1, 0.15) is 44.2 Å². The Balaban J connectivity index is 2.87. The summed E-state index contributed by atoms with van der Waals surface area (Å²) in [5, 5.41) is 9.64. The van der Waals surface area contributed by atoms with Crippen molar-refractivity contribution in [2.45, 2.75) is 45.6 Å². The van der Waals surface area contributed by atoms with Crippen LogP contribution in [0.5, 0.6) is 5.75 Å². The maximum Gasteiger partial charge on any atom is 0.119 e. The lowest BCUT2D eigenvalue weighted by Crippen LogP contribution is -2.21. The van der Waals surface area contributed by atoms with Gasteiger partial charge in [-0.3, -0.25) is 0 Å². The lowest BCUT2D eigenvalue weighted by atomic mass is 9.90. The third-order valence-electron chi connectivity index (χ3n) is 3.23. The van der Waals surface area contributed by atoms with Gasteiger partial charge in [-0.2, -0.15) is 0 Å². The fourth-order valence-corrected chi connectivity index (χ4v) is 2.26. The number of aliphatic hydroxyl groups excluding tert-OH is 1. The van der Waals surface area contributed by atoms with E-state index in [1.807, 2.05) is 13.0 Å². The number of hydrogen-bond donors (Lipinski definition) is 2. The summed E-state index contributed by atoms with van der Waals surface area (Å²) in [6, 6.07) is 6.21. The molecule has 18 heavy (non-hydrogen) atoms. The predicted octanol–water partition coefficient (Wildman–Crippen LogP) is 2.46. The highest BCUT2D eigenvalue weighted by molar-refractivity contribution is 5.37. The fourth-order valence-electron chi connectivity index (χ4n) is 2.26. The third-order valence-corrected chi connectivity index (χ3v) is 3.23. The number of aliphatic hydroxyl groups is 1. The highest BCUT2D eigenvalue weighted by Gasteiger charge is 2.14. The van der Waals surface area contributed by atoms with Gasteiger partial charge in [0.05, 0.1) is 12.7 Å². The van der Waals surface area contributed by atoms with E-state index in [4.69, 9.17) is 10.5 Å². The molecule has 0 amide bonds. The molecule has 0 aromatic heterocycles. The smallest absolute Gasteiger partial charge is 0.119 e. The molecule has 0 aliphatic rings. The predicted molar refractivity (Wildman–Crippen MR) is 75.1 cm³/mol. The molecule has 2 unspecified atom stereocenters. The van der Waals surface area contributed by atoms with Crippen LogP contribution in [-0.2, 0) is 6.42 Å². The standard InChI is InChI=1S/C15H25NO2/c1-4-12-9-14(18-5-2)6-7-15(12)11(3)8-13(17)10-16/h6-7,9,11,13,17H,4-5,8,10,16H2,1-3H3. The molecule has 0 heterocycles. The van der Waals surface area contributed by atoms with Gasteiger partial charge in [0.1, 0.15) is 5.75 Å². The second-order valence-electron chi connectivity index (χ2n) is 4.67. The van der Waals surface area contributed by atoms with Crippen molar-refractivity contribution in [3.05, 3.63) is 29.3 Å². The Hall–Kier alpha value is -1.06. The van der Waals surface area contributed by atoms with Crippen LogP contribution in [0.2, 0.25) is 0 Å². The summed E-state index contributed by atoms with van der Waals surface area (Å²) in [4.78, 5) is 0. The Kier molecular flexibility index (Phi) is 6.16. The number of ether oxygens (including phenoxy) is 1. The number of nitrogens with two attached hydrogens (primary N) is 1. The van der Waals surface area contributed by atoms with E-state index in [0.29, 0.717) is 25.5 Å². The van der Waals surface area contributed by atoms with Gasteiger partial charge in [-0.15, -0.1) is 0 Å². The average Bonchev–Trinajstić information content (AvgIpc) is 2.38. The summed E-state index contributed by atoms with van der Waals surface area (Å²) < 4.78 is 5.52. The summed E-state index contributed by atoms with van der Waals surface area (Å²) in [6.07, 6.45) is 1.26. The largest absolute Gasteiger partial charge is 0.494 e. The molecule has 0 radical (unpaired) electrons. The normalized spacial score (nSPS) is 14.3. The van der Waals surface area contributed by atoms with Gasteiger partial charge in [0, 0.05) is 6.54 Å². The lowest BCUT2D eigenvalue weighted by molar-refractivity contribution is 0.165. The van der Waals surface area contributed by atoms with Crippen LogP contribution in [0.15, 0.2) is 18.2 Å². The molecule has 0 aliphatic heterocycles. The molecule has 0 fully saturated rings. The summed E-state index contributed by atoms with van der Waals surface area (Å²) in [6.45, 7) is 7.26. The first-order valence-corrected chi connectivity index (χ1v) is 6.76. The quantitative estimate of drug-likeness (QED) is 0.782. The monoisotopic (exact) mass is 251 g/mol. The van der Waals surface area contributed by atoms with E-state index in [0.717, 1.165) is 12.2 Å². The zero-order valence-corrected chi connectivity index (χ0v) is 11.6. The lowest BCUT2D eigenvalue weighted by Gasteiger charge is -2.19. The number of hydrogen-bond acceptors (Lipinski definition) is 3. The highest BCUT2D eigenvalue weighted by atomic mass is 16.5. The highest BCUT2D eigenvalue weighted by Crippen LogP contribution is 2.28. The first-order chi connectivity index (χ1) is 8.62. The topological polar surface area (TPSA) is 55.5 Å². The summed E-state index contributed by atoms with van der Waals surface area (Å²) >= 11 is 0. The van der Waals surface area contributed by atoms with Gasteiger partial charge in [-0.05, 0) is 48.9 Å². The van der Waals surface area contributed by atoms with Crippen molar-refractivity contribution in [1.29, 1.82) is 0 Å². The minimum atomic E-state index is -0.420. The Morgan fingerprint density at radius 3 is 2.61 bits per heavy atom. The van der Waals surface area contributed by atoms with E-state index in [1.165, 1.54) is 11.1 Å². The van der Waals surface area contributed by atoms with E-state index in [1.54, 1.807) is 0 Å². The van der Waals surface area contributed by atoms with Gasteiger partial charge in [-0.1, -0.05) is 19.9 Å². The van der Waals surface area contributed by atoms with Crippen molar-refractivity contribution in [2.24, 2.45) is 5.73 Å². The van der Waals surface area contributed by atoms with Crippen molar-refractivity contribution >= 4 is 0 Å². The van der Waals surface area contributed by atoms with E-state index in [2.05, 4.69) is 26.0 Å². The Morgan fingerprint density at radius 1 is 1.33 bits per heavy atom. The summed E-state index contributed by atoms with van der Waals surface area (Å²) in [5.74, 6) is 1.24. The van der Waals surface area contributed by atoms with Gasteiger partial charge >= 0.3 is 0 Å². The van der Waals surface area contributed by atoms with Crippen LogP contribution in [-0.4, -0.2) is 24.4 Å². The van der Waals surface area contributed by atoms with Gasteiger partial charge in [0.15, 0.2) is 0 Å². The van der Waals surface area contributed by atoms with E-state index < -0.39 is 6.10 Å². The molecule has 102 valence electrons. The molecule has 0 spiro atoms. The molecule has 1 aromatic carbocycles. The van der Waals surface area contributed by atoms with Gasteiger partial charge in [0.2, 0.25) is 0 Å². The van der Waals surface area contributed by atoms with Crippen LogP contribution >= 0.6 is 0 Å². The maximum absolute atomic E-state index is 9.64. The number of aryl methyl sites for hydroxylation is 1. The van der Waals surface area contributed by atoms with Gasteiger partial charge < -0.3 is 15.6 Å². The molecule has 3 heteroatoms. The maximum atomic E-state index is 9.64. The van der Waals surface area contributed by atoms with Crippen molar-refractivity contribution < 1.29 is 9.84 Å². The molecule has 3 nitrogen and oxygen atoms in total. The minimum Gasteiger partial charge on any atom is -0.494 e. The molecule has 3 N–H and O–H groups in total. The minimum absolute atomic E-state index is 0.314. The molecule has 0 saturated carbocycles. The zero-order valence-electron chi connectivity index (χ0n) is 11.6. The van der Waals surface area contributed by atoms with Crippen molar-refractivity contribution in [1.82, 2.24) is 0 Å². The second-order valence-corrected chi connectivity index (χ2v) is 4.67. The van der Waals surface area contributed by atoms with Crippen LogP contribution in [0.4, 0.5) is 0 Å². The second kappa shape index (κ2) is 7.39. The SMILES string of the molecule is CCOc1ccc(C(C)CC(O)CN)c(CC)c1. The number of rotatable bonds is 7. The molecule has 0 aliphatic carbocycles. The zero-order chi connectivity index (χ0) is 13.5. The molecule has 0 bridgehead atoms. The fraction of sp³-hybridized carbons (Fsp3) is 0.600. The summed E-state index contributed by atoms with van der Waals surface area (Å²) in [5.41, 5.74) is 8.04. The molecule has 0 saturated heterocycles. The molecular formula is C15H25NO2. The Labute approximate surface area is 110 Å². The summed E-state index contributed by atoms with van der Waals surface area (Å²) in [7, 11) is 0. The van der Waals surface area contributed by atoms with E-state index in [9.17, 15) is 5.11 Å². The Morgan fingerprint density at radius 2 is 2.06 bits per heavy atom. The van der Waals surface area contributed by atoms with E-state index in [-0.39, 0.29) is 0 Å². The first-order valence-electron chi connectivity index (χ1n) is 6.76. The molecule has 1 rings (SSSR count). The van der Waals surface area contributed by atoms with Crippen LogP contribution in [0.3, 0.4) is 0 Å². The third kappa shape index (κ3) is 4.00. The van der Waals surface area contributed by atoms with Crippen LogP contribution in [0, 0.1) is 0 Å². The van der Waals surface area contributed by atoms with Crippen molar-refractivity contribution in [3.63, 3.8) is 0 Å². The molecular weight excluding hydrogens is 226 g/mol. The van der Waals surface area contributed by atoms with Gasteiger partial charge in [0.25, 0.3) is 0 Å².